The number of halogens is 1. The van der Waals surface area contributed by atoms with Crippen LogP contribution in [0.5, 0.6) is 0 Å². The zero-order valence-electron chi connectivity index (χ0n) is 10.9. The van der Waals surface area contributed by atoms with Crippen molar-refractivity contribution in [1.82, 2.24) is 9.88 Å². The molecule has 4 nitrogen and oxygen atoms in total. The van der Waals surface area contributed by atoms with E-state index in [1.165, 1.54) is 0 Å². The van der Waals surface area contributed by atoms with Crippen molar-refractivity contribution in [3.8, 4) is 6.07 Å². The molecule has 0 bridgehead atoms. The quantitative estimate of drug-likeness (QED) is 0.815. The Morgan fingerprint density at radius 2 is 2.05 bits per heavy atom. The van der Waals surface area contributed by atoms with Gasteiger partial charge in [-0.2, -0.15) is 5.26 Å². The standard InChI is InChI=1S/C15H12ClN3O/c1-19(10-12-6-4-11(9-17)5-7-12)15(20)13-3-2-8-18-14(13)16/h2-8H,10H2,1H3. The number of benzene rings is 1. The second kappa shape index (κ2) is 6.18. The molecule has 0 fully saturated rings. The first kappa shape index (κ1) is 14.0. The van der Waals surface area contributed by atoms with E-state index in [4.69, 9.17) is 16.9 Å². The van der Waals surface area contributed by atoms with Crippen LogP contribution in [0.3, 0.4) is 0 Å². The molecule has 1 amide bonds. The number of carbonyl (C=O) groups is 1. The van der Waals surface area contributed by atoms with Crippen LogP contribution >= 0.6 is 11.6 Å². The number of carbonyl (C=O) groups excluding carboxylic acids is 1. The summed E-state index contributed by atoms with van der Waals surface area (Å²) in [6.07, 6.45) is 1.54. The summed E-state index contributed by atoms with van der Waals surface area (Å²) in [6.45, 7) is 0.440. The predicted octanol–water partition coefficient (Wildman–Crippen LogP) is 2.88. The fraction of sp³-hybridized carbons (Fsp3) is 0.133. The van der Waals surface area contributed by atoms with E-state index in [-0.39, 0.29) is 11.1 Å². The van der Waals surface area contributed by atoms with Crippen molar-refractivity contribution in [3.05, 3.63) is 64.4 Å². The molecule has 1 aromatic heterocycles. The highest BCUT2D eigenvalue weighted by atomic mass is 35.5. The first-order chi connectivity index (χ1) is 9.61. The van der Waals surface area contributed by atoms with Crippen molar-refractivity contribution >= 4 is 17.5 Å². The number of hydrogen-bond acceptors (Lipinski definition) is 3. The normalized spacial score (nSPS) is 9.85. The monoisotopic (exact) mass is 285 g/mol. The molecule has 0 N–H and O–H groups in total. The van der Waals surface area contributed by atoms with Crippen LogP contribution in [0, 0.1) is 11.3 Å². The van der Waals surface area contributed by atoms with Gasteiger partial charge in [0, 0.05) is 19.8 Å². The van der Waals surface area contributed by atoms with Gasteiger partial charge < -0.3 is 4.90 Å². The minimum atomic E-state index is -0.188. The van der Waals surface area contributed by atoms with Gasteiger partial charge in [-0.1, -0.05) is 23.7 Å². The highest BCUT2D eigenvalue weighted by Gasteiger charge is 2.15. The van der Waals surface area contributed by atoms with Crippen molar-refractivity contribution in [2.75, 3.05) is 7.05 Å². The highest BCUT2D eigenvalue weighted by Crippen LogP contribution is 2.15. The number of aromatic nitrogens is 1. The fourth-order valence-electron chi connectivity index (χ4n) is 1.78. The van der Waals surface area contributed by atoms with Crippen LogP contribution in [0.15, 0.2) is 42.6 Å². The van der Waals surface area contributed by atoms with Crippen LogP contribution in [0.25, 0.3) is 0 Å². The number of hydrogen-bond donors (Lipinski definition) is 0. The summed E-state index contributed by atoms with van der Waals surface area (Å²) in [5, 5.41) is 8.94. The van der Waals surface area contributed by atoms with Gasteiger partial charge in [-0.15, -0.1) is 0 Å². The highest BCUT2D eigenvalue weighted by molar-refractivity contribution is 6.32. The van der Waals surface area contributed by atoms with Gasteiger partial charge in [-0.25, -0.2) is 4.98 Å². The molecule has 2 aromatic rings. The van der Waals surface area contributed by atoms with Crippen LogP contribution in [-0.4, -0.2) is 22.8 Å². The van der Waals surface area contributed by atoms with Crippen molar-refractivity contribution in [1.29, 1.82) is 5.26 Å². The lowest BCUT2D eigenvalue weighted by Gasteiger charge is -2.17. The molecule has 0 atom stereocenters. The summed E-state index contributed by atoms with van der Waals surface area (Å²) in [5.41, 5.74) is 1.92. The summed E-state index contributed by atoms with van der Waals surface area (Å²) in [7, 11) is 1.70. The molecule has 0 radical (unpaired) electrons. The molecular weight excluding hydrogens is 274 g/mol. The zero-order chi connectivity index (χ0) is 14.5. The van der Waals surface area contributed by atoms with E-state index in [9.17, 15) is 4.79 Å². The van der Waals surface area contributed by atoms with Crippen molar-refractivity contribution in [2.45, 2.75) is 6.54 Å². The van der Waals surface area contributed by atoms with Crippen molar-refractivity contribution in [2.24, 2.45) is 0 Å². The predicted molar refractivity (Wildman–Crippen MR) is 76.2 cm³/mol. The Labute approximate surface area is 122 Å². The maximum absolute atomic E-state index is 12.2. The van der Waals surface area contributed by atoms with Crippen LogP contribution in [0.4, 0.5) is 0 Å². The maximum atomic E-state index is 12.2. The van der Waals surface area contributed by atoms with Gasteiger partial charge in [0.1, 0.15) is 5.15 Å². The first-order valence-electron chi connectivity index (χ1n) is 5.97. The molecule has 100 valence electrons. The Morgan fingerprint density at radius 1 is 1.35 bits per heavy atom. The van der Waals surface area contributed by atoms with Crippen molar-refractivity contribution in [3.63, 3.8) is 0 Å². The minimum absolute atomic E-state index is 0.188. The second-order valence-electron chi connectivity index (χ2n) is 4.31. The smallest absolute Gasteiger partial charge is 0.257 e. The maximum Gasteiger partial charge on any atom is 0.257 e. The molecule has 0 aliphatic heterocycles. The third-order valence-corrected chi connectivity index (χ3v) is 3.14. The minimum Gasteiger partial charge on any atom is -0.337 e. The fourth-order valence-corrected chi connectivity index (χ4v) is 1.98. The lowest BCUT2D eigenvalue weighted by molar-refractivity contribution is 0.0785. The third kappa shape index (κ3) is 3.14. The van der Waals surface area contributed by atoms with Gasteiger partial charge in [0.05, 0.1) is 17.2 Å². The van der Waals surface area contributed by atoms with Gasteiger partial charge in [-0.05, 0) is 29.8 Å². The number of amides is 1. The van der Waals surface area contributed by atoms with Gasteiger partial charge in [-0.3, -0.25) is 4.79 Å². The molecule has 5 heteroatoms. The van der Waals surface area contributed by atoms with E-state index in [1.807, 2.05) is 12.1 Å². The van der Waals surface area contributed by atoms with Crippen LogP contribution in [0.1, 0.15) is 21.5 Å². The van der Waals surface area contributed by atoms with E-state index in [2.05, 4.69) is 11.1 Å². The summed E-state index contributed by atoms with van der Waals surface area (Å²) >= 11 is 5.91. The topological polar surface area (TPSA) is 57.0 Å². The molecule has 0 unspecified atom stereocenters. The van der Waals surface area contributed by atoms with E-state index in [1.54, 1.807) is 42.4 Å². The SMILES string of the molecule is CN(Cc1ccc(C#N)cc1)C(=O)c1cccnc1Cl. The second-order valence-corrected chi connectivity index (χ2v) is 4.67. The first-order valence-corrected chi connectivity index (χ1v) is 6.34. The molecule has 1 aromatic carbocycles. The lowest BCUT2D eigenvalue weighted by Crippen LogP contribution is -2.26. The van der Waals surface area contributed by atoms with Crippen LogP contribution in [-0.2, 0) is 6.54 Å². The zero-order valence-corrected chi connectivity index (χ0v) is 11.6. The molecule has 0 spiro atoms. The molecule has 0 saturated carbocycles. The van der Waals surface area contributed by atoms with E-state index in [0.29, 0.717) is 17.7 Å². The molecule has 2 rings (SSSR count). The number of nitrogens with zero attached hydrogens (tertiary/aromatic N) is 3. The number of pyridine rings is 1. The van der Waals surface area contributed by atoms with Gasteiger partial charge >= 0.3 is 0 Å². The van der Waals surface area contributed by atoms with E-state index in [0.717, 1.165) is 5.56 Å². The van der Waals surface area contributed by atoms with Crippen LogP contribution < -0.4 is 0 Å². The Morgan fingerprint density at radius 3 is 2.65 bits per heavy atom. The molecule has 1 heterocycles. The Bertz CT molecular complexity index is 662. The molecule has 0 aliphatic carbocycles. The molecular formula is C15H12ClN3O. The number of rotatable bonds is 3. The van der Waals surface area contributed by atoms with Crippen LogP contribution in [0.2, 0.25) is 5.15 Å². The largest absolute Gasteiger partial charge is 0.337 e. The summed E-state index contributed by atoms with van der Waals surface area (Å²) in [6, 6.07) is 12.5. The molecule has 0 aliphatic rings. The van der Waals surface area contributed by atoms with E-state index < -0.39 is 0 Å². The van der Waals surface area contributed by atoms with E-state index >= 15 is 0 Å². The number of nitriles is 1. The lowest BCUT2D eigenvalue weighted by atomic mass is 10.1. The van der Waals surface area contributed by atoms with Gasteiger partial charge in [0.2, 0.25) is 0 Å². The third-order valence-electron chi connectivity index (χ3n) is 2.84. The van der Waals surface area contributed by atoms with Gasteiger partial charge in [0.25, 0.3) is 5.91 Å². The Hall–Kier alpha value is -2.38. The Balaban J connectivity index is 2.11. The summed E-state index contributed by atoms with van der Waals surface area (Å²) < 4.78 is 0. The Kier molecular flexibility index (Phi) is 4.34. The molecule has 20 heavy (non-hydrogen) atoms. The average molecular weight is 286 g/mol. The summed E-state index contributed by atoms with van der Waals surface area (Å²) in [4.78, 5) is 17.7. The average Bonchev–Trinajstić information content (AvgIpc) is 2.48. The molecule has 0 saturated heterocycles. The summed E-state index contributed by atoms with van der Waals surface area (Å²) in [5.74, 6) is -0.188. The van der Waals surface area contributed by atoms with Gasteiger partial charge in [0.15, 0.2) is 0 Å². The van der Waals surface area contributed by atoms with Crippen molar-refractivity contribution < 1.29 is 4.79 Å².